The van der Waals surface area contributed by atoms with Gasteiger partial charge in [-0.25, -0.2) is 9.37 Å². The van der Waals surface area contributed by atoms with Crippen LogP contribution in [-0.2, 0) is 6.54 Å². The van der Waals surface area contributed by atoms with E-state index >= 15 is 0 Å². The summed E-state index contributed by atoms with van der Waals surface area (Å²) in [5.74, 6) is -0.210. The van der Waals surface area contributed by atoms with Crippen molar-refractivity contribution in [2.24, 2.45) is 0 Å². The maximum atomic E-state index is 13.6. The molecular formula is C14H17FN2OS. The zero-order valence-electron chi connectivity index (χ0n) is 11.2. The minimum Gasteiger partial charge on any atom is -0.388 e. The monoisotopic (exact) mass is 280 g/mol. The smallest absolute Gasteiger partial charge is 0.185 e. The molecule has 0 aliphatic rings. The van der Waals surface area contributed by atoms with Crippen LogP contribution in [0.15, 0.2) is 24.3 Å². The second-order valence-electron chi connectivity index (χ2n) is 4.57. The molecule has 5 heteroatoms. The maximum absolute atomic E-state index is 13.6. The van der Waals surface area contributed by atoms with Gasteiger partial charge in [-0.05, 0) is 19.9 Å². The first-order valence-corrected chi connectivity index (χ1v) is 6.90. The molecule has 0 spiro atoms. The molecule has 0 aliphatic heterocycles. The molecule has 1 heterocycles. The molecule has 102 valence electrons. The Kier molecular flexibility index (Phi) is 4.17. The molecule has 1 unspecified atom stereocenters. The Morgan fingerprint density at radius 3 is 2.68 bits per heavy atom. The molecule has 3 nitrogen and oxygen atoms in total. The Morgan fingerprint density at radius 2 is 2.11 bits per heavy atom. The first kappa shape index (κ1) is 14.0. The predicted octanol–water partition coefficient (Wildman–Crippen LogP) is 3.28. The van der Waals surface area contributed by atoms with Crippen LogP contribution >= 0.6 is 11.3 Å². The van der Waals surface area contributed by atoms with Crippen molar-refractivity contribution in [1.82, 2.24) is 4.98 Å². The van der Waals surface area contributed by atoms with E-state index in [1.807, 2.05) is 24.9 Å². The van der Waals surface area contributed by atoms with Gasteiger partial charge in [-0.3, -0.25) is 0 Å². The van der Waals surface area contributed by atoms with Crippen LogP contribution in [0.1, 0.15) is 29.2 Å². The average molecular weight is 280 g/mol. The Bertz CT molecular complexity index is 568. The minimum absolute atomic E-state index is 0.210. The highest BCUT2D eigenvalue weighted by Gasteiger charge is 2.15. The van der Waals surface area contributed by atoms with Crippen LogP contribution in [0.5, 0.6) is 0 Å². The van der Waals surface area contributed by atoms with E-state index < -0.39 is 6.10 Å². The summed E-state index contributed by atoms with van der Waals surface area (Å²) in [6.07, 6.45) is -0.520. The zero-order chi connectivity index (χ0) is 14.0. The van der Waals surface area contributed by atoms with Crippen molar-refractivity contribution in [3.63, 3.8) is 0 Å². The third-order valence-electron chi connectivity index (χ3n) is 2.89. The molecule has 1 N–H and O–H groups in total. The molecule has 19 heavy (non-hydrogen) atoms. The molecule has 0 radical (unpaired) electrons. The van der Waals surface area contributed by atoms with E-state index in [1.54, 1.807) is 19.1 Å². The van der Waals surface area contributed by atoms with Crippen LogP contribution in [-0.4, -0.2) is 17.1 Å². The maximum Gasteiger partial charge on any atom is 0.185 e. The number of hydrogen-bond acceptors (Lipinski definition) is 4. The van der Waals surface area contributed by atoms with Crippen LogP contribution in [0.4, 0.5) is 9.52 Å². The molecule has 1 atom stereocenters. The molecule has 0 saturated heterocycles. The van der Waals surface area contributed by atoms with Crippen LogP contribution in [0, 0.1) is 12.7 Å². The summed E-state index contributed by atoms with van der Waals surface area (Å²) in [6.45, 7) is 4.05. The molecular weight excluding hydrogens is 263 g/mol. The van der Waals surface area contributed by atoms with Gasteiger partial charge in [-0.1, -0.05) is 29.5 Å². The van der Waals surface area contributed by atoms with E-state index in [4.69, 9.17) is 0 Å². The Morgan fingerprint density at radius 1 is 1.42 bits per heavy atom. The normalized spacial score (nSPS) is 12.5. The van der Waals surface area contributed by atoms with Crippen molar-refractivity contribution in [2.75, 3.05) is 11.9 Å². The minimum atomic E-state index is -0.520. The number of rotatable bonds is 4. The van der Waals surface area contributed by atoms with E-state index in [-0.39, 0.29) is 5.82 Å². The van der Waals surface area contributed by atoms with Gasteiger partial charge in [-0.2, -0.15) is 0 Å². The summed E-state index contributed by atoms with van der Waals surface area (Å²) in [5.41, 5.74) is 1.46. The lowest BCUT2D eigenvalue weighted by Crippen LogP contribution is -2.16. The van der Waals surface area contributed by atoms with Gasteiger partial charge in [0.1, 0.15) is 5.82 Å². The molecule has 2 aromatic rings. The highest BCUT2D eigenvalue weighted by atomic mass is 32.1. The number of thiazole rings is 1. The largest absolute Gasteiger partial charge is 0.388 e. The molecule has 1 aromatic carbocycles. The molecule has 0 fully saturated rings. The lowest BCUT2D eigenvalue weighted by atomic mass is 10.2. The Balaban J connectivity index is 2.19. The SMILES string of the molecule is Cc1nc(N(C)Cc2ccccc2F)sc1C(C)O. The Labute approximate surface area is 116 Å². The molecule has 1 aromatic heterocycles. The summed E-state index contributed by atoms with van der Waals surface area (Å²) in [6, 6.07) is 6.72. The molecule has 0 amide bonds. The first-order valence-electron chi connectivity index (χ1n) is 6.09. The van der Waals surface area contributed by atoms with Gasteiger partial charge in [0.15, 0.2) is 5.13 Å². The summed E-state index contributed by atoms with van der Waals surface area (Å²) in [4.78, 5) is 7.17. The van der Waals surface area contributed by atoms with Crippen LogP contribution in [0.25, 0.3) is 0 Å². The summed E-state index contributed by atoms with van der Waals surface area (Å²) in [7, 11) is 1.87. The average Bonchev–Trinajstić information content (AvgIpc) is 2.74. The number of aryl methyl sites for hydroxylation is 1. The fourth-order valence-electron chi connectivity index (χ4n) is 1.89. The summed E-state index contributed by atoms with van der Waals surface area (Å²) >= 11 is 1.44. The third-order valence-corrected chi connectivity index (χ3v) is 4.33. The molecule has 2 rings (SSSR count). The van der Waals surface area contributed by atoms with E-state index in [9.17, 15) is 9.50 Å². The standard InChI is InChI=1S/C14H17FN2OS/c1-9-13(10(2)18)19-14(16-9)17(3)8-11-6-4-5-7-12(11)15/h4-7,10,18H,8H2,1-3H3. The van der Waals surface area contributed by atoms with Gasteiger partial charge in [0.2, 0.25) is 0 Å². The van der Waals surface area contributed by atoms with Gasteiger partial charge < -0.3 is 10.0 Å². The van der Waals surface area contributed by atoms with E-state index in [0.29, 0.717) is 12.1 Å². The second-order valence-corrected chi connectivity index (χ2v) is 5.58. The van der Waals surface area contributed by atoms with Gasteiger partial charge in [0, 0.05) is 19.2 Å². The number of hydrogen-bond donors (Lipinski definition) is 1. The Hall–Kier alpha value is -1.46. The second kappa shape index (κ2) is 5.67. The molecule has 0 saturated carbocycles. The number of benzene rings is 1. The van der Waals surface area contributed by atoms with Crippen molar-refractivity contribution in [1.29, 1.82) is 0 Å². The fraction of sp³-hybridized carbons (Fsp3) is 0.357. The number of aliphatic hydroxyl groups excluding tert-OH is 1. The van der Waals surface area contributed by atoms with Gasteiger partial charge in [0.05, 0.1) is 16.7 Å². The van der Waals surface area contributed by atoms with Crippen molar-refractivity contribution in [2.45, 2.75) is 26.5 Å². The molecule has 0 aliphatic carbocycles. The lowest BCUT2D eigenvalue weighted by Gasteiger charge is -2.16. The highest BCUT2D eigenvalue weighted by Crippen LogP contribution is 2.30. The van der Waals surface area contributed by atoms with Crippen LogP contribution < -0.4 is 4.90 Å². The number of anilines is 1. The number of aromatic nitrogens is 1. The highest BCUT2D eigenvalue weighted by molar-refractivity contribution is 7.15. The quantitative estimate of drug-likeness (QED) is 0.933. The van der Waals surface area contributed by atoms with Crippen molar-refractivity contribution < 1.29 is 9.50 Å². The fourth-order valence-corrected chi connectivity index (χ4v) is 2.86. The number of aliphatic hydroxyl groups is 1. The predicted molar refractivity (Wildman–Crippen MR) is 76.0 cm³/mol. The van der Waals surface area contributed by atoms with Crippen molar-refractivity contribution >= 4 is 16.5 Å². The van der Waals surface area contributed by atoms with Gasteiger partial charge >= 0.3 is 0 Å². The number of nitrogens with zero attached hydrogens (tertiary/aromatic N) is 2. The first-order chi connectivity index (χ1) is 8.99. The van der Waals surface area contributed by atoms with Gasteiger partial charge in [0.25, 0.3) is 0 Å². The van der Waals surface area contributed by atoms with Crippen LogP contribution in [0.2, 0.25) is 0 Å². The summed E-state index contributed by atoms with van der Waals surface area (Å²) < 4.78 is 13.6. The van der Waals surface area contributed by atoms with Crippen molar-refractivity contribution in [3.8, 4) is 0 Å². The van der Waals surface area contributed by atoms with E-state index in [0.717, 1.165) is 15.7 Å². The van der Waals surface area contributed by atoms with Crippen LogP contribution in [0.3, 0.4) is 0 Å². The lowest BCUT2D eigenvalue weighted by molar-refractivity contribution is 0.202. The van der Waals surface area contributed by atoms with E-state index in [1.165, 1.54) is 17.4 Å². The van der Waals surface area contributed by atoms with Crippen molar-refractivity contribution in [3.05, 3.63) is 46.2 Å². The third kappa shape index (κ3) is 3.11. The van der Waals surface area contributed by atoms with Gasteiger partial charge in [-0.15, -0.1) is 0 Å². The zero-order valence-corrected chi connectivity index (χ0v) is 12.0. The molecule has 0 bridgehead atoms. The topological polar surface area (TPSA) is 36.4 Å². The number of halogens is 1. The van der Waals surface area contributed by atoms with E-state index in [2.05, 4.69) is 4.98 Å². The summed E-state index contributed by atoms with van der Waals surface area (Å²) in [5, 5.41) is 10.4.